The van der Waals surface area contributed by atoms with Crippen LogP contribution in [0.15, 0.2) is 66.7 Å². The molecule has 164 valence electrons. The lowest BCUT2D eigenvalue weighted by atomic mass is 9.98. The highest BCUT2D eigenvalue weighted by atomic mass is 35.5. The zero-order chi connectivity index (χ0) is 22.9. The topological polar surface area (TPSA) is 58.1 Å². The smallest absolute Gasteiger partial charge is 0.432 e. The Balaban J connectivity index is 1.76. The summed E-state index contributed by atoms with van der Waals surface area (Å²) in [4.78, 5) is 0. The summed E-state index contributed by atoms with van der Waals surface area (Å²) in [6, 6.07) is 16.0. The van der Waals surface area contributed by atoms with E-state index in [2.05, 4.69) is 5.10 Å². The second kappa shape index (κ2) is 8.55. The van der Waals surface area contributed by atoms with Crippen LogP contribution in [0.1, 0.15) is 11.3 Å². The van der Waals surface area contributed by atoms with Crippen LogP contribution in [0.3, 0.4) is 0 Å². The first-order valence-electron chi connectivity index (χ1n) is 9.34. The maximum atomic E-state index is 13.4. The lowest BCUT2D eigenvalue weighted by molar-refractivity contribution is -0.141. The minimum atomic E-state index is -4.61. The molecule has 0 atom stereocenters. The van der Waals surface area contributed by atoms with Gasteiger partial charge in [0.2, 0.25) is 0 Å². The van der Waals surface area contributed by atoms with Crippen LogP contribution in [0.4, 0.5) is 17.6 Å². The summed E-state index contributed by atoms with van der Waals surface area (Å²) >= 11 is 5.89. The van der Waals surface area contributed by atoms with Crippen molar-refractivity contribution in [1.29, 1.82) is 0 Å². The fraction of sp³-hybridized carbons (Fsp3) is 0.0870. The van der Waals surface area contributed by atoms with E-state index in [0.29, 0.717) is 10.6 Å². The molecular formula is C23H15ClF4N2O2. The zero-order valence-corrected chi connectivity index (χ0v) is 17.0. The van der Waals surface area contributed by atoms with Gasteiger partial charge in [0.1, 0.15) is 29.6 Å². The molecule has 0 fully saturated rings. The molecule has 0 aliphatic rings. The minimum absolute atomic E-state index is 0.0647. The molecule has 0 aliphatic heterocycles. The van der Waals surface area contributed by atoms with E-state index >= 15 is 0 Å². The van der Waals surface area contributed by atoms with E-state index in [1.807, 2.05) is 5.10 Å². The number of aromatic amines is 1. The fourth-order valence-corrected chi connectivity index (χ4v) is 3.27. The van der Waals surface area contributed by atoms with E-state index in [1.165, 1.54) is 36.4 Å². The lowest BCUT2D eigenvalue weighted by Gasteiger charge is -2.16. The molecule has 1 heterocycles. The molecule has 9 heteroatoms. The number of phenols is 1. The third kappa shape index (κ3) is 4.55. The molecule has 0 unspecified atom stereocenters. The Kier molecular flexibility index (Phi) is 5.80. The number of hydrogen-bond acceptors (Lipinski definition) is 3. The molecule has 0 saturated carbocycles. The van der Waals surface area contributed by atoms with Gasteiger partial charge in [-0.2, -0.15) is 18.3 Å². The Labute approximate surface area is 185 Å². The van der Waals surface area contributed by atoms with Gasteiger partial charge in [-0.1, -0.05) is 35.9 Å². The summed E-state index contributed by atoms with van der Waals surface area (Å²) in [5, 5.41) is 17.1. The molecule has 1 aromatic heterocycles. The molecule has 3 aromatic carbocycles. The van der Waals surface area contributed by atoms with Gasteiger partial charge in [0.15, 0.2) is 0 Å². The number of rotatable bonds is 5. The van der Waals surface area contributed by atoms with E-state index in [4.69, 9.17) is 16.3 Å². The highest BCUT2D eigenvalue weighted by Gasteiger charge is 2.33. The van der Waals surface area contributed by atoms with E-state index in [-0.39, 0.29) is 34.9 Å². The van der Waals surface area contributed by atoms with Crippen LogP contribution >= 0.6 is 11.6 Å². The van der Waals surface area contributed by atoms with Gasteiger partial charge in [-0.05, 0) is 53.6 Å². The van der Waals surface area contributed by atoms with Crippen molar-refractivity contribution in [3.05, 3.63) is 88.8 Å². The second-order valence-electron chi connectivity index (χ2n) is 6.92. The third-order valence-corrected chi connectivity index (χ3v) is 4.99. The first kappa shape index (κ1) is 21.7. The van der Waals surface area contributed by atoms with Crippen molar-refractivity contribution in [2.24, 2.45) is 0 Å². The Morgan fingerprint density at radius 3 is 2.28 bits per heavy atom. The molecule has 4 nitrogen and oxygen atoms in total. The van der Waals surface area contributed by atoms with Crippen molar-refractivity contribution < 1.29 is 27.4 Å². The van der Waals surface area contributed by atoms with Crippen LogP contribution in [0.2, 0.25) is 5.02 Å². The molecule has 4 rings (SSSR count). The average Bonchev–Trinajstić information content (AvgIpc) is 3.25. The molecule has 0 bridgehead atoms. The SMILES string of the molecule is Oc1c(-c2cc(C(F)(F)F)[nH]n2)ccc(OCc2ccc(Cl)cc2)c1-c1ccc(F)cc1. The summed E-state index contributed by atoms with van der Waals surface area (Å²) < 4.78 is 58.2. The second-order valence-corrected chi connectivity index (χ2v) is 7.36. The standard InChI is InChI=1S/C23H15ClF4N2O2/c24-15-5-1-13(2-6-15)12-32-19-10-9-17(18-11-20(30-29-18)23(26,27)28)22(31)21(19)14-3-7-16(25)8-4-14/h1-11,31H,12H2,(H,29,30). The molecule has 0 spiro atoms. The number of hydrogen-bond donors (Lipinski definition) is 2. The van der Waals surface area contributed by atoms with Crippen LogP contribution in [0.5, 0.6) is 11.5 Å². The van der Waals surface area contributed by atoms with Gasteiger partial charge in [-0.3, -0.25) is 5.10 Å². The molecule has 4 aromatic rings. The summed E-state index contributed by atoms with van der Waals surface area (Å²) in [6.07, 6.45) is -4.61. The Morgan fingerprint density at radius 1 is 0.969 bits per heavy atom. The Morgan fingerprint density at radius 2 is 1.66 bits per heavy atom. The van der Waals surface area contributed by atoms with Crippen molar-refractivity contribution in [1.82, 2.24) is 10.2 Å². The minimum Gasteiger partial charge on any atom is -0.506 e. The van der Waals surface area contributed by atoms with Crippen molar-refractivity contribution >= 4 is 11.6 Å². The quantitative estimate of drug-likeness (QED) is 0.319. The van der Waals surface area contributed by atoms with E-state index in [1.54, 1.807) is 24.3 Å². The maximum Gasteiger partial charge on any atom is 0.432 e. The number of H-pyrrole nitrogens is 1. The number of nitrogens with one attached hydrogen (secondary N) is 1. The molecule has 0 aliphatic carbocycles. The van der Waals surface area contributed by atoms with Crippen molar-refractivity contribution in [3.8, 4) is 33.9 Å². The normalized spacial score (nSPS) is 11.5. The Hall–Kier alpha value is -3.52. The molecule has 0 amide bonds. The highest BCUT2D eigenvalue weighted by Crippen LogP contribution is 2.44. The molecule has 32 heavy (non-hydrogen) atoms. The van der Waals surface area contributed by atoms with Crippen LogP contribution in [-0.4, -0.2) is 15.3 Å². The number of phenolic OH excluding ortho intramolecular Hbond substituents is 1. The molecule has 0 radical (unpaired) electrons. The number of ether oxygens (including phenoxy) is 1. The molecular weight excluding hydrogens is 448 g/mol. The van der Waals surface area contributed by atoms with Crippen LogP contribution in [0, 0.1) is 5.82 Å². The summed E-state index contributed by atoms with van der Waals surface area (Å²) in [5.74, 6) is -0.556. The summed E-state index contributed by atoms with van der Waals surface area (Å²) in [6.45, 7) is 0.144. The van der Waals surface area contributed by atoms with Crippen molar-refractivity contribution in [2.75, 3.05) is 0 Å². The van der Waals surface area contributed by atoms with Gasteiger partial charge in [0.05, 0.1) is 11.3 Å². The van der Waals surface area contributed by atoms with E-state index in [0.717, 1.165) is 11.6 Å². The largest absolute Gasteiger partial charge is 0.506 e. The van der Waals surface area contributed by atoms with Gasteiger partial charge in [0.25, 0.3) is 0 Å². The fourth-order valence-electron chi connectivity index (χ4n) is 3.14. The van der Waals surface area contributed by atoms with Crippen LogP contribution in [-0.2, 0) is 12.8 Å². The number of halogens is 5. The predicted octanol–water partition coefficient (Wildman–Crippen LogP) is 6.84. The van der Waals surface area contributed by atoms with Crippen LogP contribution in [0.25, 0.3) is 22.4 Å². The number of alkyl halides is 3. The van der Waals surface area contributed by atoms with Gasteiger partial charge < -0.3 is 9.84 Å². The van der Waals surface area contributed by atoms with Gasteiger partial charge in [-0.15, -0.1) is 0 Å². The van der Waals surface area contributed by atoms with E-state index < -0.39 is 17.7 Å². The summed E-state index contributed by atoms with van der Waals surface area (Å²) in [5.41, 5.74) is 0.359. The number of aromatic nitrogens is 2. The molecule has 0 saturated heterocycles. The predicted molar refractivity (Wildman–Crippen MR) is 112 cm³/mol. The van der Waals surface area contributed by atoms with Gasteiger partial charge >= 0.3 is 6.18 Å². The first-order chi connectivity index (χ1) is 15.2. The molecule has 2 N–H and O–H groups in total. The van der Waals surface area contributed by atoms with Gasteiger partial charge in [-0.25, -0.2) is 4.39 Å². The summed E-state index contributed by atoms with van der Waals surface area (Å²) in [7, 11) is 0. The Bertz CT molecular complexity index is 1240. The highest BCUT2D eigenvalue weighted by molar-refractivity contribution is 6.30. The zero-order valence-electron chi connectivity index (χ0n) is 16.3. The van der Waals surface area contributed by atoms with Gasteiger partial charge in [0, 0.05) is 10.6 Å². The number of benzene rings is 3. The average molecular weight is 463 g/mol. The third-order valence-electron chi connectivity index (χ3n) is 4.74. The monoisotopic (exact) mass is 462 g/mol. The van der Waals surface area contributed by atoms with Crippen molar-refractivity contribution in [2.45, 2.75) is 12.8 Å². The van der Waals surface area contributed by atoms with E-state index in [9.17, 15) is 22.7 Å². The lowest BCUT2D eigenvalue weighted by Crippen LogP contribution is -2.04. The number of nitrogens with zero attached hydrogens (tertiary/aromatic N) is 1. The van der Waals surface area contributed by atoms with Crippen molar-refractivity contribution in [3.63, 3.8) is 0 Å². The maximum absolute atomic E-state index is 13.4. The van der Waals surface area contributed by atoms with Crippen LogP contribution < -0.4 is 4.74 Å². The first-order valence-corrected chi connectivity index (χ1v) is 9.72. The number of aromatic hydroxyl groups is 1.